The molecule has 1 saturated heterocycles. The second-order valence-electron chi connectivity index (χ2n) is 9.14. The number of benzene rings is 2. The van der Waals surface area contributed by atoms with Gasteiger partial charge in [0.1, 0.15) is 24.7 Å². The van der Waals surface area contributed by atoms with E-state index in [1.807, 2.05) is 30.3 Å². The third-order valence-electron chi connectivity index (χ3n) is 7.35. The van der Waals surface area contributed by atoms with Crippen LogP contribution in [0, 0.1) is 35.5 Å². The van der Waals surface area contributed by atoms with Crippen LogP contribution in [0.3, 0.4) is 0 Å². The van der Waals surface area contributed by atoms with Crippen molar-refractivity contribution in [3.05, 3.63) is 72.3 Å². The van der Waals surface area contributed by atoms with Crippen LogP contribution < -0.4 is 9.47 Å². The Bertz CT molecular complexity index is 1070. The van der Waals surface area contributed by atoms with Crippen LogP contribution >= 0.6 is 0 Å². The minimum atomic E-state index is -0.617. The quantitative estimate of drug-likeness (QED) is 0.305. The fourth-order valence-electron chi connectivity index (χ4n) is 5.81. The number of imide groups is 1. The second-order valence-corrected chi connectivity index (χ2v) is 9.14. The molecule has 1 heterocycles. The number of nitrogens with zero attached hydrogens (tertiary/aromatic N) is 1. The Balaban J connectivity index is 1.06. The third-order valence-corrected chi connectivity index (χ3v) is 7.35. The first-order chi connectivity index (χ1) is 15.6. The van der Waals surface area contributed by atoms with Gasteiger partial charge < -0.3 is 9.47 Å². The van der Waals surface area contributed by atoms with Crippen LogP contribution in [0.4, 0.5) is 0 Å². The molecule has 6 heteroatoms. The zero-order chi connectivity index (χ0) is 21.8. The van der Waals surface area contributed by atoms with Gasteiger partial charge in [-0.1, -0.05) is 42.5 Å². The van der Waals surface area contributed by atoms with Crippen LogP contribution in [0.15, 0.2) is 66.7 Å². The summed E-state index contributed by atoms with van der Waals surface area (Å²) < 4.78 is 11.1. The van der Waals surface area contributed by atoms with Gasteiger partial charge in [0.05, 0.1) is 11.8 Å². The standard InChI is InChI=1S/C26H23NO5/c28-22(32-17-8-6-16(7-9-17)31-14-15-4-2-1-3-5-15)13-27-25(29)23-18-10-11-19(21-12-20(18)21)24(23)26(27)30/h1-11,18-21,23-24H,12-14H2. The maximum absolute atomic E-state index is 13.0. The molecule has 4 aliphatic carbocycles. The summed E-state index contributed by atoms with van der Waals surface area (Å²) in [6.07, 6.45) is 5.35. The molecule has 2 bridgehead atoms. The van der Waals surface area contributed by atoms with E-state index in [9.17, 15) is 14.4 Å². The summed E-state index contributed by atoms with van der Waals surface area (Å²) in [6.45, 7) is 0.103. The van der Waals surface area contributed by atoms with Gasteiger partial charge in [-0.3, -0.25) is 14.5 Å². The van der Waals surface area contributed by atoms with Crippen molar-refractivity contribution in [2.24, 2.45) is 35.5 Å². The predicted octanol–water partition coefficient (Wildman–Crippen LogP) is 3.22. The number of rotatable bonds is 6. The highest BCUT2D eigenvalue weighted by Gasteiger charge is 2.67. The lowest BCUT2D eigenvalue weighted by molar-refractivity contribution is -0.148. The topological polar surface area (TPSA) is 72.9 Å². The molecule has 2 saturated carbocycles. The van der Waals surface area contributed by atoms with Gasteiger partial charge in [-0.05, 0) is 59.9 Å². The number of carbonyl (C=O) groups excluding carboxylic acids is 3. The Morgan fingerprint density at radius 2 is 1.44 bits per heavy atom. The van der Waals surface area contributed by atoms with Gasteiger partial charge in [0.15, 0.2) is 0 Å². The fourth-order valence-corrected chi connectivity index (χ4v) is 5.81. The summed E-state index contributed by atoms with van der Waals surface area (Å²) >= 11 is 0. The van der Waals surface area contributed by atoms with Crippen molar-refractivity contribution in [2.75, 3.05) is 6.54 Å². The first-order valence-corrected chi connectivity index (χ1v) is 11.1. The molecule has 6 nitrogen and oxygen atoms in total. The number of amides is 2. The van der Waals surface area contributed by atoms with E-state index in [4.69, 9.17) is 9.47 Å². The number of allylic oxidation sites excluding steroid dienone is 2. The smallest absolute Gasteiger partial charge is 0.331 e. The van der Waals surface area contributed by atoms with E-state index in [1.165, 1.54) is 0 Å². The van der Waals surface area contributed by atoms with Crippen molar-refractivity contribution in [2.45, 2.75) is 13.0 Å². The normalized spacial score (nSPS) is 31.3. The predicted molar refractivity (Wildman–Crippen MR) is 114 cm³/mol. The van der Waals surface area contributed by atoms with Crippen LogP contribution in [0.25, 0.3) is 0 Å². The summed E-state index contributed by atoms with van der Waals surface area (Å²) in [5.74, 6) is 0.740. The fraction of sp³-hybridized carbons (Fsp3) is 0.346. The van der Waals surface area contributed by atoms with E-state index in [0.717, 1.165) is 16.9 Å². The van der Waals surface area contributed by atoms with Gasteiger partial charge >= 0.3 is 5.97 Å². The molecule has 1 aliphatic heterocycles. The SMILES string of the molecule is O=C(CN1C(=O)C2C3C=CC(C4CC34)C2C1=O)Oc1ccc(OCc2ccccc2)cc1. The molecule has 7 rings (SSSR count). The summed E-state index contributed by atoms with van der Waals surface area (Å²) in [5.41, 5.74) is 1.06. The molecule has 0 aromatic heterocycles. The van der Waals surface area contributed by atoms with Crippen LogP contribution in [-0.4, -0.2) is 29.2 Å². The van der Waals surface area contributed by atoms with Crippen molar-refractivity contribution >= 4 is 17.8 Å². The molecular weight excluding hydrogens is 406 g/mol. The molecule has 162 valence electrons. The molecule has 0 spiro atoms. The Morgan fingerprint density at radius 1 is 0.844 bits per heavy atom. The summed E-state index contributed by atoms with van der Waals surface area (Å²) in [6, 6.07) is 16.6. The zero-order valence-corrected chi connectivity index (χ0v) is 17.4. The zero-order valence-electron chi connectivity index (χ0n) is 17.4. The van der Waals surface area contributed by atoms with Crippen molar-refractivity contribution in [3.63, 3.8) is 0 Å². The molecule has 2 amide bonds. The monoisotopic (exact) mass is 429 g/mol. The van der Waals surface area contributed by atoms with E-state index in [-0.39, 0.29) is 42.0 Å². The summed E-state index contributed by atoms with van der Waals surface area (Å²) in [5, 5.41) is 0. The van der Waals surface area contributed by atoms with Crippen molar-refractivity contribution in [1.82, 2.24) is 4.90 Å². The minimum absolute atomic E-state index is 0.149. The van der Waals surface area contributed by atoms with E-state index in [0.29, 0.717) is 29.9 Å². The molecule has 0 radical (unpaired) electrons. The molecule has 6 atom stereocenters. The maximum Gasteiger partial charge on any atom is 0.331 e. The van der Waals surface area contributed by atoms with E-state index in [1.54, 1.807) is 24.3 Å². The average Bonchev–Trinajstić information content (AvgIpc) is 3.60. The molecule has 5 aliphatic rings. The highest BCUT2D eigenvalue weighted by atomic mass is 16.5. The van der Waals surface area contributed by atoms with Crippen molar-refractivity contribution < 1.29 is 23.9 Å². The highest BCUT2D eigenvalue weighted by Crippen LogP contribution is 2.65. The largest absolute Gasteiger partial charge is 0.489 e. The van der Waals surface area contributed by atoms with Crippen LogP contribution in [-0.2, 0) is 21.0 Å². The Morgan fingerprint density at radius 3 is 2.06 bits per heavy atom. The van der Waals surface area contributed by atoms with Gasteiger partial charge in [0.25, 0.3) is 0 Å². The van der Waals surface area contributed by atoms with Crippen molar-refractivity contribution in [1.29, 1.82) is 0 Å². The molecule has 3 fully saturated rings. The first-order valence-electron chi connectivity index (χ1n) is 11.1. The lowest BCUT2D eigenvalue weighted by Crippen LogP contribution is -2.40. The molecule has 2 aromatic carbocycles. The number of ether oxygens (including phenoxy) is 2. The Labute approximate surface area is 185 Å². The van der Waals surface area contributed by atoms with Gasteiger partial charge in [-0.25, -0.2) is 4.79 Å². The van der Waals surface area contributed by atoms with Gasteiger partial charge in [-0.2, -0.15) is 0 Å². The van der Waals surface area contributed by atoms with Crippen molar-refractivity contribution in [3.8, 4) is 11.5 Å². The van der Waals surface area contributed by atoms with Crippen LogP contribution in [0.1, 0.15) is 12.0 Å². The Kier molecular flexibility index (Phi) is 4.42. The van der Waals surface area contributed by atoms with Gasteiger partial charge in [0, 0.05) is 0 Å². The number of carbonyl (C=O) groups is 3. The van der Waals surface area contributed by atoms with Gasteiger partial charge in [-0.15, -0.1) is 0 Å². The molecule has 0 N–H and O–H groups in total. The lowest BCUT2D eigenvalue weighted by Gasteiger charge is -2.37. The summed E-state index contributed by atoms with van der Waals surface area (Å²) in [4.78, 5) is 39.6. The third kappa shape index (κ3) is 3.13. The number of likely N-dealkylation sites (tertiary alicyclic amines) is 1. The average molecular weight is 429 g/mol. The molecular formula is C26H23NO5. The van der Waals surface area contributed by atoms with Crippen LogP contribution in [0.2, 0.25) is 0 Å². The molecule has 6 unspecified atom stereocenters. The van der Waals surface area contributed by atoms with E-state index in [2.05, 4.69) is 12.2 Å². The number of hydrogen-bond donors (Lipinski definition) is 0. The van der Waals surface area contributed by atoms with E-state index < -0.39 is 5.97 Å². The second kappa shape index (κ2) is 7.33. The minimum Gasteiger partial charge on any atom is -0.489 e. The number of esters is 1. The van der Waals surface area contributed by atoms with E-state index >= 15 is 0 Å². The molecule has 2 aromatic rings. The lowest BCUT2D eigenvalue weighted by atomic mass is 9.63. The highest BCUT2D eigenvalue weighted by molar-refractivity contribution is 6.08. The first kappa shape index (κ1) is 19.3. The summed E-state index contributed by atoms with van der Waals surface area (Å²) in [7, 11) is 0. The maximum atomic E-state index is 13.0. The Hall–Kier alpha value is -3.41. The number of hydrogen-bond acceptors (Lipinski definition) is 5. The van der Waals surface area contributed by atoms with Gasteiger partial charge in [0.2, 0.25) is 11.8 Å². The van der Waals surface area contributed by atoms with Crippen LogP contribution in [0.5, 0.6) is 11.5 Å². The molecule has 32 heavy (non-hydrogen) atoms.